The van der Waals surface area contributed by atoms with E-state index in [2.05, 4.69) is 40.7 Å². The zero-order chi connectivity index (χ0) is 20.7. The van der Waals surface area contributed by atoms with Gasteiger partial charge in [-0.15, -0.1) is 5.10 Å². The minimum atomic E-state index is -0.670. The molecule has 1 aromatic heterocycles. The number of aromatic nitrogens is 4. The molecule has 0 bridgehead atoms. The molecular weight excluding hydrogens is 384 g/mol. The number of aryl methyl sites for hydroxylation is 1. The van der Waals surface area contributed by atoms with Crippen LogP contribution in [-0.4, -0.2) is 49.4 Å². The first-order valence-electron chi connectivity index (χ1n) is 10.3. The molecule has 154 valence electrons. The summed E-state index contributed by atoms with van der Waals surface area (Å²) >= 11 is 1.30. The van der Waals surface area contributed by atoms with Gasteiger partial charge in [-0.1, -0.05) is 56.5 Å². The Labute approximate surface area is 176 Å². The highest BCUT2D eigenvalue weighted by Crippen LogP contribution is 2.33. The van der Waals surface area contributed by atoms with Crippen LogP contribution in [0.4, 0.5) is 0 Å². The van der Waals surface area contributed by atoms with E-state index >= 15 is 0 Å². The Balaban J connectivity index is 1.64. The van der Waals surface area contributed by atoms with Gasteiger partial charge in [0.2, 0.25) is 11.1 Å². The third-order valence-corrected chi connectivity index (χ3v) is 6.57. The molecule has 1 aliphatic carbocycles. The predicted octanol–water partition coefficient (Wildman–Crippen LogP) is 3.78. The van der Waals surface area contributed by atoms with E-state index in [4.69, 9.17) is 0 Å². The van der Waals surface area contributed by atoms with Crippen molar-refractivity contribution in [2.75, 3.05) is 12.8 Å². The lowest BCUT2D eigenvalue weighted by Gasteiger charge is -2.39. The molecule has 7 nitrogen and oxygen atoms in total. The number of unbranched alkanes of at least 4 members (excludes halogenated alkanes) is 1. The van der Waals surface area contributed by atoms with Crippen LogP contribution in [0.5, 0.6) is 0 Å². The molecule has 0 N–H and O–H groups in total. The summed E-state index contributed by atoms with van der Waals surface area (Å²) < 4.78 is 1.65. The van der Waals surface area contributed by atoms with Gasteiger partial charge in [0.15, 0.2) is 0 Å². The van der Waals surface area contributed by atoms with Crippen molar-refractivity contribution in [1.29, 1.82) is 5.26 Å². The van der Waals surface area contributed by atoms with Gasteiger partial charge in [0.05, 0.1) is 17.5 Å². The first kappa shape index (κ1) is 21.3. The molecule has 3 rings (SSSR count). The summed E-state index contributed by atoms with van der Waals surface area (Å²) in [7, 11) is 1.75. The standard InChI is InChI=1S/C21H28N6OS/c1-3-4-8-17-9-11-18(12-10-17)27-20(23-24-25-27)29-15-19(28)26(2)21(16-22)13-6-5-7-14-21/h9-12H,3-8,13-15H2,1-2H3. The van der Waals surface area contributed by atoms with Crippen molar-refractivity contribution in [3.05, 3.63) is 29.8 Å². The maximum absolute atomic E-state index is 12.8. The van der Waals surface area contributed by atoms with E-state index in [1.807, 2.05) is 12.1 Å². The van der Waals surface area contributed by atoms with Gasteiger partial charge in [-0.25, -0.2) is 0 Å². The van der Waals surface area contributed by atoms with Crippen molar-refractivity contribution >= 4 is 17.7 Å². The molecule has 1 amide bonds. The third kappa shape index (κ3) is 4.96. The van der Waals surface area contributed by atoms with Gasteiger partial charge in [0.1, 0.15) is 5.54 Å². The SMILES string of the molecule is CCCCc1ccc(-n2nnnc2SCC(=O)N(C)C2(C#N)CCCCC2)cc1. The number of thioether (sulfide) groups is 1. The van der Waals surface area contributed by atoms with Crippen molar-refractivity contribution in [2.24, 2.45) is 0 Å². The van der Waals surface area contributed by atoms with E-state index in [9.17, 15) is 10.1 Å². The van der Waals surface area contributed by atoms with Crippen molar-refractivity contribution in [3.8, 4) is 11.8 Å². The average molecular weight is 413 g/mol. The lowest BCUT2D eigenvalue weighted by molar-refractivity contribution is -0.131. The Bertz CT molecular complexity index is 851. The Hall–Kier alpha value is -2.40. The van der Waals surface area contributed by atoms with Gasteiger partial charge in [0, 0.05) is 7.05 Å². The number of tetrazole rings is 1. The Kier molecular flexibility index (Phi) is 7.26. The minimum absolute atomic E-state index is 0.0667. The summed E-state index contributed by atoms with van der Waals surface area (Å²) in [4.78, 5) is 14.4. The summed E-state index contributed by atoms with van der Waals surface area (Å²) in [6.07, 6.45) is 8.02. The van der Waals surface area contributed by atoms with Crippen molar-refractivity contribution in [2.45, 2.75) is 69.0 Å². The van der Waals surface area contributed by atoms with Crippen LogP contribution in [0.3, 0.4) is 0 Å². The van der Waals surface area contributed by atoms with Crippen molar-refractivity contribution < 1.29 is 4.79 Å². The Morgan fingerprint density at radius 3 is 2.66 bits per heavy atom. The van der Waals surface area contributed by atoms with E-state index in [1.165, 1.54) is 30.2 Å². The zero-order valence-corrected chi connectivity index (χ0v) is 18.0. The summed E-state index contributed by atoms with van der Waals surface area (Å²) in [5.41, 5.74) is 1.50. The topological polar surface area (TPSA) is 87.7 Å². The highest BCUT2D eigenvalue weighted by Gasteiger charge is 2.38. The molecule has 29 heavy (non-hydrogen) atoms. The summed E-state index contributed by atoms with van der Waals surface area (Å²) in [5.74, 6) is 0.137. The van der Waals surface area contributed by atoms with Crippen LogP contribution in [0.15, 0.2) is 29.4 Å². The van der Waals surface area contributed by atoms with Gasteiger partial charge < -0.3 is 4.90 Å². The zero-order valence-electron chi connectivity index (χ0n) is 17.2. The number of hydrogen-bond acceptors (Lipinski definition) is 6. The number of rotatable bonds is 8. The summed E-state index contributed by atoms with van der Waals surface area (Å²) in [5, 5.41) is 22.2. The second kappa shape index (κ2) is 9.88. The number of nitrogens with zero attached hydrogens (tertiary/aromatic N) is 6. The summed E-state index contributed by atoms with van der Waals surface area (Å²) in [6, 6.07) is 10.6. The predicted molar refractivity (Wildman–Crippen MR) is 113 cm³/mol. The fourth-order valence-electron chi connectivity index (χ4n) is 3.74. The first-order chi connectivity index (χ1) is 14.1. The third-order valence-electron chi connectivity index (χ3n) is 5.67. The minimum Gasteiger partial charge on any atom is -0.326 e. The second-order valence-corrected chi connectivity index (χ2v) is 8.53. The molecule has 0 radical (unpaired) electrons. The Morgan fingerprint density at radius 1 is 1.28 bits per heavy atom. The van der Waals surface area contributed by atoms with E-state index in [1.54, 1.807) is 16.6 Å². The normalized spacial score (nSPS) is 15.6. The number of carbonyl (C=O) groups excluding carboxylic acids is 1. The molecular formula is C21H28N6OS. The van der Waals surface area contributed by atoms with Crippen LogP contribution in [0.1, 0.15) is 57.4 Å². The van der Waals surface area contributed by atoms with Crippen LogP contribution in [0, 0.1) is 11.3 Å². The smallest absolute Gasteiger partial charge is 0.234 e. The van der Waals surface area contributed by atoms with Gasteiger partial charge in [-0.05, 0) is 53.8 Å². The van der Waals surface area contributed by atoms with Crippen LogP contribution < -0.4 is 0 Å². The van der Waals surface area contributed by atoms with Gasteiger partial charge in [-0.2, -0.15) is 9.94 Å². The number of carbonyl (C=O) groups is 1. The van der Waals surface area contributed by atoms with E-state index in [-0.39, 0.29) is 11.7 Å². The highest BCUT2D eigenvalue weighted by molar-refractivity contribution is 7.99. The Morgan fingerprint density at radius 2 is 2.00 bits per heavy atom. The molecule has 0 aliphatic heterocycles. The van der Waals surface area contributed by atoms with Gasteiger partial charge >= 0.3 is 0 Å². The lowest BCUT2D eigenvalue weighted by atomic mass is 9.81. The molecule has 0 saturated heterocycles. The monoisotopic (exact) mass is 412 g/mol. The van der Waals surface area contributed by atoms with Crippen LogP contribution in [-0.2, 0) is 11.2 Å². The van der Waals surface area contributed by atoms with Crippen LogP contribution in [0.25, 0.3) is 5.69 Å². The van der Waals surface area contributed by atoms with Crippen molar-refractivity contribution in [1.82, 2.24) is 25.1 Å². The maximum atomic E-state index is 12.8. The van der Waals surface area contributed by atoms with E-state index in [0.717, 1.165) is 44.2 Å². The first-order valence-corrected chi connectivity index (χ1v) is 11.3. The quantitative estimate of drug-likeness (QED) is 0.613. The fraction of sp³-hybridized carbons (Fsp3) is 0.571. The van der Waals surface area contributed by atoms with Crippen LogP contribution >= 0.6 is 11.8 Å². The largest absolute Gasteiger partial charge is 0.326 e. The van der Waals surface area contributed by atoms with Crippen molar-refractivity contribution in [3.63, 3.8) is 0 Å². The fourth-order valence-corrected chi connectivity index (χ4v) is 4.54. The molecule has 1 fully saturated rings. The number of hydrogen-bond donors (Lipinski definition) is 0. The van der Waals surface area contributed by atoms with E-state index in [0.29, 0.717) is 5.16 Å². The number of benzene rings is 1. The second-order valence-electron chi connectivity index (χ2n) is 7.59. The highest BCUT2D eigenvalue weighted by atomic mass is 32.2. The summed E-state index contributed by atoms with van der Waals surface area (Å²) in [6.45, 7) is 2.18. The molecule has 1 heterocycles. The molecule has 1 aliphatic rings. The molecule has 0 unspecified atom stereocenters. The molecule has 8 heteroatoms. The maximum Gasteiger partial charge on any atom is 0.234 e. The number of amides is 1. The van der Waals surface area contributed by atoms with Gasteiger partial charge in [0.25, 0.3) is 0 Å². The van der Waals surface area contributed by atoms with E-state index < -0.39 is 5.54 Å². The number of nitriles is 1. The molecule has 0 atom stereocenters. The molecule has 0 spiro atoms. The lowest BCUT2D eigenvalue weighted by Crippen LogP contribution is -2.50. The average Bonchev–Trinajstić information content (AvgIpc) is 3.25. The van der Waals surface area contributed by atoms with Gasteiger partial charge in [-0.3, -0.25) is 4.79 Å². The molecule has 1 saturated carbocycles. The van der Waals surface area contributed by atoms with Crippen LogP contribution in [0.2, 0.25) is 0 Å². The molecule has 2 aromatic rings. The molecule has 1 aromatic carbocycles.